The molecule has 131 valence electrons. The molecule has 1 heterocycles. The fraction of sp³-hybridized carbons (Fsp3) is 0.688. The first-order chi connectivity index (χ1) is 9.60. The van der Waals surface area contributed by atoms with E-state index in [1.54, 1.807) is 0 Å². The van der Waals surface area contributed by atoms with Crippen LogP contribution in [0.5, 0.6) is 0 Å². The maximum atomic E-state index is 11.6. The Morgan fingerprint density at radius 3 is 2.23 bits per heavy atom. The van der Waals surface area contributed by atoms with Crippen LogP contribution in [0.25, 0.3) is 0 Å². The number of hydrogen-bond donors (Lipinski definition) is 1. The van der Waals surface area contributed by atoms with Crippen LogP contribution in [0.15, 0.2) is 16.9 Å². The van der Waals surface area contributed by atoms with E-state index in [9.17, 15) is 15.1 Å². The van der Waals surface area contributed by atoms with E-state index in [-0.39, 0.29) is 35.6 Å². The standard InChI is InChI=1S/C14H22NO2.C2H6NO.Cu/c1-10-6-12(15(17)13(16)8-10)7-11(2)9-14(3,4)5;3-1-2-4;/h6,8,11H,7,9H2,1-5H3;1-3H2;/q2*-1;+2. The van der Waals surface area contributed by atoms with Gasteiger partial charge in [-0.25, -0.2) is 0 Å². The van der Waals surface area contributed by atoms with Crippen molar-refractivity contribution in [3.63, 3.8) is 0 Å². The zero-order chi connectivity index (χ0) is 16.6. The van der Waals surface area contributed by atoms with Crippen LogP contribution in [-0.4, -0.2) is 17.9 Å². The maximum Gasteiger partial charge on any atom is 2.00 e. The molecule has 0 fully saturated rings. The summed E-state index contributed by atoms with van der Waals surface area (Å²) < 4.78 is 0.520. The normalized spacial score (nSPS) is 12.0. The van der Waals surface area contributed by atoms with Gasteiger partial charge in [0.25, 0.3) is 0 Å². The minimum atomic E-state index is -0.456. The first-order valence-corrected chi connectivity index (χ1v) is 7.29. The Labute approximate surface area is 144 Å². The Bertz CT molecular complexity index is 479. The summed E-state index contributed by atoms with van der Waals surface area (Å²) in [5, 5.41) is 20.8. The molecule has 0 spiro atoms. The van der Waals surface area contributed by atoms with Gasteiger partial charge in [0.15, 0.2) is 0 Å². The van der Waals surface area contributed by atoms with Crippen molar-refractivity contribution in [3.05, 3.63) is 39.0 Å². The van der Waals surface area contributed by atoms with E-state index in [1.165, 1.54) is 6.07 Å². The van der Waals surface area contributed by atoms with Gasteiger partial charge in [-0.2, -0.15) is 0 Å². The number of aromatic nitrogens is 1. The van der Waals surface area contributed by atoms with Crippen LogP contribution in [0.3, 0.4) is 0 Å². The second-order valence-electron chi connectivity index (χ2n) is 6.72. The predicted molar refractivity (Wildman–Crippen MR) is 85.1 cm³/mol. The van der Waals surface area contributed by atoms with Crippen LogP contribution in [0.2, 0.25) is 0 Å². The van der Waals surface area contributed by atoms with Gasteiger partial charge in [-0.05, 0) is 49.3 Å². The monoisotopic (exact) mass is 359 g/mol. The van der Waals surface area contributed by atoms with Gasteiger partial charge >= 0.3 is 17.1 Å². The number of aryl methyl sites for hydroxylation is 1. The van der Waals surface area contributed by atoms with Crippen LogP contribution >= 0.6 is 0 Å². The molecular weight excluding hydrogens is 332 g/mol. The average molecular weight is 360 g/mol. The van der Waals surface area contributed by atoms with Crippen molar-refractivity contribution in [2.24, 2.45) is 17.1 Å². The third-order valence-electron chi connectivity index (χ3n) is 2.84. The molecule has 0 aliphatic heterocycles. The molecule has 1 aromatic heterocycles. The van der Waals surface area contributed by atoms with E-state index in [4.69, 9.17) is 5.73 Å². The quantitative estimate of drug-likeness (QED) is 0.822. The summed E-state index contributed by atoms with van der Waals surface area (Å²) in [7, 11) is 0. The Hall–Kier alpha value is -0.811. The molecule has 1 rings (SSSR count). The van der Waals surface area contributed by atoms with Crippen molar-refractivity contribution in [1.29, 1.82) is 0 Å². The van der Waals surface area contributed by atoms with Gasteiger partial charge in [-0.3, -0.25) is 4.79 Å². The topological polar surface area (TPSA) is 94.1 Å². The molecule has 1 radical (unpaired) electrons. The molecule has 6 heteroatoms. The van der Waals surface area contributed by atoms with Crippen molar-refractivity contribution in [2.45, 2.75) is 47.5 Å². The minimum absolute atomic E-state index is 0. The smallest absolute Gasteiger partial charge is 0.854 e. The van der Waals surface area contributed by atoms with Gasteiger partial charge in [0.1, 0.15) is 0 Å². The zero-order valence-corrected chi connectivity index (χ0v) is 15.1. The number of nitrogens with two attached hydrogens (primary N) is 1. The molecule has 22 heavy (non-hydrogen) atoms. The van der Waals surface area contributed by atoms with Crippen molar-refractivity contribution in [1.82, 2.24) is 4.73 Å². The van der Waals surface area contributed by atoms with Crippen molar-refractivity contribution in [2.75, 3.05) is 13.2 Å². The Morgan fingerprint density at radius 2 is 1.82 bits per heavy atom. The fourth-order valence-electron chi connectivity index (χ4n) is 2.37. The van der Waals surface area contributed by atoms with Gasteiger partial charge in [0.05, 0.1) is 0 Å². The number of pyridine rings is 1. The second kappa shape index (κ2) is 10.8. The molecule has 0 aromatic carbocycles. The molecular formula is C16H28CuN2O3. The molecule has 2 N–H and O–H groups in total. The van der Waals surface area contributed by atoms with E-state index in [0.717, 1.165) is 12.0 Å². The second-order valence-corrected chi connectivity index (χ2v) is 6.72. The van der Waals surface area contributed by atoms with Crippen molar-refractivity contribution < 1.29 is 22.2 Å². The van der Waals surface area contributed by atoms with Gasteiger partial charge in [-0.15, -0.1) is 6.61 Å². The van der Waals surface area contributed by atoms with Crippen LogP contribution in [0, 0.1) is 23.5 Å². The molecule has 0 saturated carbocycles. The van der Waals surface area contributed by atoms with E-state index in [2.05, 4.69) is 27.7 Å². The van der Waals surface area contributed by atoms with E-state index in [1.807, 2.05) is 13.0 Å². The average Bonchev–Trinajstić information content (AvgIpc) is 2.33. The summed E-state index contributed by atoms with van der Waals surface area (Å²) in [4.78, 5) is 11.4. The molecule has 0 saturated heterocycles. The van der Waals surface area contributed by atoms with E-state index in [0.29, 0.717) is 22.8 Å². The Balaban J connectivity index is 0. The fourth-order valence-corrected chi connectivity index (χ4v) is 2.37. The summed E-state index contributed by atoms with van der Waals surface area (Å²) in [5.41, 5.74) is 5.96. The molecule has 1 atom stereocenters. The van der Waals surface area contributed by atoms with E-state index >= 15 is 0 Å². The molecule has 1 unspecified atom stereocenters. The molecule has 1 aromatic rings. The van der Waals surface area contributed by atoms with Crippen molar-refractivity contribution >= 4 is 0 Å². The van der Waals surface area contributed by atoms with Gasteiger partial charge in [0.2, 0.25) is 5.56 Å². The Morgan fingerprint density at radius 1 is 1.32 bits per heavy atom. The number of hydrogen-bond acceptors (Lipinski definition) is 4. The number of rotatable bonds is 4. The molecule has 5 nitrogen and oxygen atoms in total. The van der Waals surface area contributed by atoms with E-state index < -0.39 is 5.56 Å². The maximum absolute atomic E-state index is 11.6. The molecule has 0 aliphatic rings. The summed E-state index contributed by atoms with van der Waals surface area (Å²) in [6, 6.07) is 3.19. The van der Waals surface area contributed by atoms with Gasteiger partial charge in [0, 0.05) is 11.8 Å². The Kier molecular flexibility index (Phi) is 11.6. The molecule has 0 amide bonds. The summed E-state index contributed by atoms with van der Waals surface area (Å²) >= 11 is 0. The first kappa shape index (κ1) is 23.5. The summed E-state index contributed by atoms with van der Waals surface area (Å²) in [6.07, 6.45) is 1.70. The number of nitrogens with zero attached hydrogens (tertiary/aromatic N) is 1. The largest absolute Gasteiger partial charge is 2.00 e. The zero-order valence-electron chi connectivity index (χ0n) is 14.1. The SMILES string of the molecule is Cc1cc(CC(C)CC(C)(C)C)n([O-])c(=O)c1.NCC[O-].[Cu+2]. The summed E-state index contributed by atoms with van der Waals surface area (Å²) in [5.74, 6) is 0.399. The third-order valence-corrected chi connectivity index (χ3v) is 2.84. The molecule has 0 aliphatic carbocycles. The molecule has 0 bridgehead atoms. The van der Waals surface area contributed by atoms with Crippen LogP contribution in [-0.2, 0) is 23.5 Å². The predicted octanol–water partition coefficient (Wildman–Crippen LogP) is 1.42. The first-order valence-electron chi connectivity index (χ1n) is 7.29. The van der Waals surface area contributed by atoms with Crippen LogP contribution < -0.4 is 16.4 Å². The van der Waals surface area contributed by atoms with Crippen molar-refractivity contribution in [3.8, 4) is 0 Å². The summed E-state index contributed by atoms with van der Waals surface area (Å²) in [6.45, 7) is 10.6. The van der Waals surface area contributed by atoms with Gasteiger partial charge in [-0.1, -0.05) is 27.7 Å². The minimum Gasteiger partial charge on any atom is -0.854 e. The van der Waals surface area contributed by atoms with Gasteiger partial charge < -0.3 is 20.8 Å². The third kappa shape index (κ3) is 10.0. The van der Waals surface area contributed by atoms with Crippen LogP contribution in [0.4, 0.5) is 0 Å². The van der Waals surface area contributed by atoms with Crippen LogP contribution in [0.1, 0.15) is 45.4 Å².